The van der Waals surface area contributed by atoms with Crippen molar-refractivity contribution in [3.63, 3.8) is 0 Å². The number of nitrogens with one attached hydrogen (secondary N) is 1. The topological polar surface area (TPSA) is 75.6 Å². The Bertz CT molecular complexity index is 849. The third-order valence-corrected chi connectivity index (χ3v) is 3.89. The number of anilines is 1. The molecule has 0 heterocycles. The van der Waals surface area contributed by atoms with Gasteiger partial charge in [0.2, 0.25) is 5.91 Å². The van der Waals surface area contributed by atoms with E-state index in [1.165, 1.54) is 24.3 Å². The predicted octanol–water partition coefficient (Wildman–Crippen LogP) is 5.13. The lowest BCUT2D eigenvalue weighted by Crippen LogP contribution is -2.11. The van der Waals surface area contributed by atoms with Crippen molar-refractivity contribution in [1.29, 1.82) is 0 Å². The minimum Gasteiger partial charge on any atom is -0.491 e. The Kier molecular flexibility index (Phi) is 7.06. The van der Waals surface area contributed by atoms with Crippen LogP contribution in [0.15, 0.2) is 42.5 Å². The van der Waals surface area contributed by atoms with Gasteiger partial charge in [-0.05, 0) is 48.4 Å². The Hall–Kier alpha value is -2.50. The van der Waals surface area contributed by atoms with Gasteiger partial charge in [-0.2, -0.15) is 0 Å². The summed E-state index contributed by atoms with van der Waals surface area (Å²) in [6.45, 7) is 2.40. The number of hydrogen-bond acceptors (Lipinski definition) is 3. The first-order valence-corrected chi connectivity index (χ1v) is 8.60. The number of halogens is 2. The molecule has 0 radical (unpaired) electrons. The first-order chi connectivity index (χ1) is 12.4. The van der Waals surface area contributed by atoms with E-state index in [0.29, 0.717) is 28.0 Å². The maximum Gasteiger partial charge on any atom is 0.335 e. The van der Waals surface area contributed by atoms with Crippen LogP contribution in [0.2, 0.25) is 10.0 Å². The van der Waals surface area contributed by atoms with E-state index in [0.717, 1.165) is 6.42 Å². The molecule has 0 atom stereocenters. The molecule has 26 heavy (non-hydrogen) atoms. The van der Waals surface area contributed by atoms with Gasteiger partial charge in [-0.3, -0.25) is 4.79 Å². The maximum absolute atomic E-state index is 12.2. The van der Waals surface area contributed by atoms with Crippen LogP contribution in [0, 0.1) is 0 Å². The van der Waals surface area contributed by atoms with Crippen molar-refractivity contribution < 1.29 is 19.4 Å². The molecule has 0 unspecified atom stereocenters. The number of hydrogen-bond donors (Lipinski definition) is 2. The lowest BCUT2D eigenvalue weighted by Gasteiger charge is -2.12. The van der Waals surface area contributed by atoms with Gasteiger partial charge in [0.15, 0.2) is 0 Å². The van der Waals surface area contributed by atoms with Crippen molar-refractivity contribution in [3.05, 3.63) is 63.6 Å². The molecule has 0 aliphatic heterocycles. The third-order valence-electron chi connectivity index (χ3n) is 3.32. The number of carboxylic acids is 1. The molecule has 0 saturated heterocycles. The molecule has 2 aromatic rings. The summed E-state index contributed by atoms with van der Waals surface area (Å²) in [6.07, 6.45) is 3.62. The zero-order chi connectivity index (χ0) is 19.1. The second kappa shape index (κ2) is 9.27. The van der Waals surface area contributed by atoms with E-state index in [4.69, 9.17) is 33.0 Å². The monoisotopic (exact) mass is 393 g/mol. The zero-order valence-corrected chi connectivity index (χ0v) is 15.5. The molecular weight excluding hydrogens is 377 g/mol. The minimum atomic E-state index is -1.09. The largest absolute Gasteiger partial charge is 0.491 e. The summed E-state index contributed by atoms with van der Waals surface area (Å²) in [5.74, 6) is -1.13. The first kappa shape index (κ1) is 19.8. The SMILES string of the molecule is CCCOc1ccc(C(=O)O)cc1NC(=O)/C=C/c1ccc(Cl)cc1Cl. The number of carbonyl (C=O) groups excluding carboxylic acids is 1. The highest BCUT2D eigenvalue weighted by molar-refractivity contribution is 6.35. The van der Waals surface area contributed by atoms with Gasteiger partial charge in [0.05, 0.1) is 17.9 Å². The van der Waals surface area contributed by atoms with Gasteiger partial charge in [0, 0.05) is 16.1 Å². The molecule has 0 aromatic heterocycles. The summed E-state index contributed by atoms with van der Waals surface area (Å²) in [5.41, 5.74) is 0.969. The molecule has 0 bridgehead atoms. The van der Waals surface area contributed by atoms with E-state index >= 15 is 0 Å². The second-order valence-corrected chi connectivity index (χ2v) is 6.20. The van der Waals surface area contributed by atoms with Gasteiger partial charge >= 0.3 is 5.97 Å². The molecule has 7 heteroatoms. The molecule has 1 amide bonds. The number of aromatic carboxylic acids is 1. The minimum absolute atomic E-state index is 0.0499. The lowest BCUT2D eigenvalue weighted by molar-refractivity contribution is -0.111. The van der Waals surface area contributed by atoms with Crippen LogP contribution in [0.5, 0.6) is 5.75 Å². The Morgan fingerprint density at radius 3 is 2.62 bits per heavy atom. The Morgan fingerprint density at radius 1 is 1.19 bits per heavy atom. The van der Waals surface area contributed by atoms with Crippen molar-refractivity contribution in [2.75, 3.05) is 11.9 Å². The van der Waals surface area contributed by atoms with Gasteiger partial charge in [-0.25, -0.2) is 4.79 Å². The Labute approximate surface area is 161 Å². The summed E-state index contributed by atoms with van der Waals surface area (Å²) in [4.78, 5) is 23.3. The standard InChI is InChI=1S/C19H17Cl2NO4/c1-2-9-26-17-7-4-13(19(24)25)10-16(17)22-18(23)8-5-12-3-6-14(20)11-15(12)21/h3-8,10-11H,2,9H2,1H3,(H,22,23)(H,24,25)/b8-5+. The molecule has 0 saturated carbocycles. The fourth-order valence-electron chi connectivity index (χ4n) is 2.08. The van der Waals surface area contributed by atoms with E-state index in [-0.39, 0.29) is 11.3 Å². The van der Waals surface area contributed by atoms with Gasteiger partial charge in [-0.15, -0.1) is 0 Å². The van der Waals surface area contributed by atoms with E-state index in [1.807, 2.05) is 6.92 Å². The number of rotatable bonds is 7. The normalized spacial score (nSPS) is 10.7. The first-order valence-electron chi connectivity index (χ1n) is 7.85. The summed E-state index contributed by atoms with van der Waals surface area (Å²) < 4.78 is 5.55. The molecule has 0 fully saturated rings. The van der Waals surface area contributed by atoms with Gasteiger partial charge in [0.25, 0.3) is 0 Å². The number of carboxylic acid groups (broad SMARTS) is 1. The van der Waals surface area contributed by atoms with Gasteiger partial charge < -0.3 is 15.2 Å². The molecular formula is C19H17Cl2NO4. The molecule has 0 aliphatic carbocycles. The van der Waals surface area contributed by atoms with Crippen molar-refractivity contribution in [2.45, 2.75) is 13.3 Å². The third kappa shape index (κ3) is 5.51. The van der Waals surface area contributed by atoms with Crippen LogP contribution in [-0.2, 0) is 4.79 Å². The number of amides is 1. The summed E-state index contributed by atoms with van der Waals surface area (Å²) in [7, 11) is 0. The summed E-state index contributed by atoms with van der Waals surface area (Å²) in [6, 6.07) is 9.23. The van der Waals surface area contributed by atoms with Crippen LogP contribution in [-0.4, -0.2) is 23.6 Å². The average Bonchev–Trinajstić information content (AvgIpc) is 2.59. The lowest BCUT2D eigenvalue weighted by atomic mass is 10.1. The molecule has 0 spiro atoms. The quantitative estimate of drug-likeness (QED) is 0.639. The van der Waals surface area contributed by atoms with Crippen LogP contribution >= 0.6 is 23.2 Å². The van der Waals surface area contributed by atoms with Crippen LogP contribution < -0.4 is 10.1 Å². The fraction of sp³-hybridized carbons (Fsp3) is 0.158. The second-order valence-electron chi connectivity index (χ2n) is 5.35. The summed E-state index contributed by atoms with van der Waals surface area (Å²) >= 11 is 11.9. The predicted molar refractivity (Wildman–Crippen MR) is 103 cm³/mol. The molecule has 2 N–H and O–H groups in total. The van der Waals surface area contributed by atoms with E-state index in [2.05, 4.69) is 5.32 Å². The van der Waals surface area contributed by atoms with Crippen LogP contribution in [0.3, 0.4) is 0 Å². The van der Waals surface area contributed by atoms with Crippen molar-refractivity contribution >= 4 is 46.8 Å². The van der Waals surface area contributed by atoms with Crippen LogP contribution in [0.4, 0.5) is 5.69 Å². The van der Waals surface area contributed by atoms with Crippen LogP contribution in [0.25, 0.3) is 6.08 Å². The highest BCUT2D eigenvalue weighted by Gasteiger charge is 2.11. The molecule has 136 valence electrons. The Morgan fingerprint density at radius 2 is 1.96 bits per heavy atom. The Balaban J connectivity index is 2.19. The molecule has 5 nitrogen and oxygen atoms in total. The number of benzene rings is 2. The number of carbonyl (C=O) groups is 2. The van der Waals surface area contributed by atoms with E-state index in [1.54, 1.807) is 24.3 Å². The average molecular weight is 394 g/mol. The van der Waals surface area contributed by atoms with E-state index < -0.39 is 11.9 Å². The molecule has 2 rings (SSSR count). The van der Waals surface area contributed by atoms with Gasteiger partial charge in [0.1, 0.15) is 5.75 Å². The smallest absolute Gasteiger partial charge is 0.335 e. The van der Waals surface area contributed by atoms with Gasteiger partial charge in [-0.1, -0.05) is 36.2 Å². The number of ether oxygens (including phenoxy) is 1. The van der Waals surface area contributed by atoms with E-state index in [9.17, 15) is 9.59 Å². The van der Waals surface area contributed by atoms with Crippen molar-refractivity contribution in [1.82, 2.24) is 0 Å². The zero-order valence-electron chi connectivity index (χ0n) is 14.0. The fourth-order valence-corrected chi connectivity index (χ4v) is 2.55. The molecule has 0 aliphatic rings. The summed E-state index contributed by atoms with van der Waals surface area (Å²) in [5, 5.41) is 12.7. The highest BCUT2D eigenvalue weighted by atomic mass is 35.5. The van der Waals surface area contributed by atoms with Crippen molar-refractivity contribution in [3.8, 4) is 5.75 Å². The van der Waals surface area contributed by atoms with Crippen molar-refractivity contribution in [2.24, 2.45) is 0 Å². The highest BCUT2D eigenvalue weighted by Crippen LogP contribution is 2.27. The van der Waals surface area contributed by atoms with Crippen LogP contribution in [0.1, 0.15) is 29.3 Å². The molecule has 2 aromatic carbocycles. The maximum atomic E-state index is 12.2.